The Morgan fingerprint density at radius 2 is 1.45 bits per heavy atom. The maximum absolute atomic E-state index is 3.41. The van der Waals surface area contributed by atoms with Crippen molar-refractivity contribution in [2.75, 3.05) is 26.2 Å². The fraction of sp³-hybridized carbons (Fsp3) is 1.00. The van der Waals surface area contributed by atoms with Crippen LogP contribution in [0, 0.1) is 17.3 Å². The Bertz CT molecular complexity index is 184. The van der Waals surface area contributed by atoms with Gasteiger partial charge in [0.15, 0.2) is 0 Å². The highest BCUT2D eigenvalue weighted by Gasteiger charge is 2.27. The molecular formula is C18H42N2. The monoisotopic (exact) mass is 286 g/mol. The summed E-state index contributed by atoms with van der Waals surface area (Å²) in [6.45, 7) is 22.2. The minimum atomic E-state index is 0.526. The molecule has 0 amide bonds. The summed E-state index contributed by atoms with van der Waals surface area (Å²) < 4.78 is 0. The Kier molecular flexibility index (Phi) is 15.4. The van der Waals surface area contributed by atoms with Gasteiger partial charge in [-0.15, -0.1) is 0 Å². The molecule has 0 spiro atoms. The maximum atomic E-state index is 3.41. The number of rotatable bonds is 0. The molecule has 20 heavy (non-hydrogen) atoms. The van der Waals surface area contributed by atoms with Gasteiger partial charge < -0.3 is 10.6 Å². The molecule has 0 aliphatic carbocycles. The van der Waals surface area contributed by atoms with E-state index in [1.54, 1.807) is 0 Å². The molecule has 2 heteroatoms. The van der Waals surface area contributed by atoms with E-state index in [0.717, 1.165) is 11.8 Å². The molecule has 2 unspecified atom stereocenters. The second-order valence-corrected chi connectivity index (χ2v) is 6.31. The highest BCUT2D eigenvalue weighted by molar-refractivity contribution is 4.82. The quantitative estimate of drug-likeness (QED) is 0.674. The van der Waals surface area contributed by atoms with Crippen LogP contribution >= 0.6 is 0 Å². The zero-order valence-corrected chi connectivity index (χ0v) is 15.6. The molecule has 2 N–H and O–H groups in total. The third-order valence-corrected chi connectivity index (χ3v) is 4.21. The first-order valence-electron chi connectivity index (χ1n) is 8.94. The lowest BCUT2D eigenvalue weighted by atomic mass is 9.76. The minimum absolute atomic E-state index is 0.526. The first kappa shape index (κ1) is 22.2. The molecule has 2 rings (SSSR count). The number of piperidine rings is 2. The van der Waals surface area contributed by atoms with Crippen LogP contribution < -0.4 is 10.6 Å². The topological polar surface area (TPSA) is 24.1 Å². The van der Waals surface area contributed by atoms with E-state index in [2.05, 4.69) is 38.3 Å². The van der Waals surface area contributed by atoms with Crippen molar-refractivity contribution in [2.45, 2.75) is 74.7 Å². The molecule has 2 aliphatic heterocycles. The van der Waals surface area contributed by atoms with Gasteiger partial charge in [0.25, 0.3) is 0 Å². The lowest BCUT2D eigenvalue weighted by molar-refractivity contribution is 0.172. The van der Waals surface area contributed by atoms with Crippen LogP contribution in [0.5, 0.6) is 0 Å². The first-order chi connectivity index (χ1) is 9.52. The van der Waals surface area contributed by atoms with E-state index in [4.69, 9.17) is 0 Å². The molecule has 2 atom stereocenters. The third-order valence-electron chi connectivity index (χ3n) is 4.21. The van der Waals surface area contributed by atoms with Crippen molar-refractivity contribution in [3.63, 3.8) is 0 Å². The van der Waals surface area contributed by atoms with Gasteiger partial charge in [-0.05, 0) is 56.1 Å². The van der Waals surface area contributed by atoms with Crippen LogP contribution in [0.4, 0.5) is 0 Å². The summed E-state index contributed by atoms with van der Waals surface area (Å²) in [5.41, 5.74) is 0.526. The van der Waals surface area contributed by atoms with Gasteiger partial charge in [-0.1, -0.05) is 55.4 Å². The zero-order valence-electron chi connectivity index (χ0n) is 15.6. The normalized spacial score (nSPS) is 27.6. The molecule has 0 saturated carbocycles. The van der Waals surface area contributed by atoms with Crippen LogP contribution in [0.3, 0.4) is 0 Å². The lowest BCUT2D eigenvalue weighted by Gasteiger charge is -2.36. The largest absolute Gasteiger partial charge is 0.316 e. The molecule has 0 aromatic carbocycles. The summed E-state index contributed by atoms with van der Waals surface area (Å²) in [5.74, 6) is 1.81. The van der Waals surface area contributed by atoms with Crippen molar-refractivity contribution in [3.05, 3.63) is 0 Å². The van der Waals surface area contributed by atoms with Crippen LogP contribution in [0.2, 0.25) is 0 Å². The minimum Gasteiger partial charge on any atom is -0.316 e. The Labute approximate surface area is 129 Å². The average Bonchev–Trinajstić information content (AvgIpc) is 2.48. The molecule has 2 saturated heterocycles. The Hall–Kier alpha value is -0.0800. The highest BCUT2D eigenvalue weighted by atomic mass is 14.9. The fourth-order valence-electron chi connectivity index (χ4n) is 2.32. The first-order valence-corrected chi connectivity index (χ1v) is 8.94. The molecule has 2 heterocycles. The van der Waals surface area contributed by atoms with Gasteiger partial charge in [-0.25, -0.2) is 0 Å². The SMILES string of the molecule is CC.CC.CC1CCCNC1.CC1CCNCC1(C)C. The van der Waals surface area contributed by atoms with Gasteiger partial charge in [-0.3, -0.25) is 0 Å². The third kappa shape index (κ3) is 10.7. The summed E-state index contributed by atoms with van der Waals surface area (Å²) in [6, 6.07) is 0. The van der Waals surface area contributed by atoms with E-state index in [9.17, 15) is 0 Å². The zero-order chi connectivity index (χ0) is 16.0. The fourth-order valence-corrected chi connectivity index (χ4v) is 2.32. The molecular weight excluding hydrogens is 244 g/mol. The summed E-state index contributed by atoms with van der Waals surface area (Å²) in [4.78, 5) is 0. The van der Waals surface area contributed by atoms with Crippen LogP contribution in [0.25, 0.3) is 0 Å². The smallest absolute Gasteiger partial charge is 0.000508 e. The number of nitrogens with one attached hydrogen (secondary N) is 2. The molecule has 124 valence electrons. The predicted octanol–water partition coefficient (Wildman–Crippen LogP) is 4.70. The molecule has 0 bridgehead atoms. The van der Waals surface area contributed by atoms with Crippen LogP contribution in [0.15, 0.2) is 0 Å². The van der Waals surface area contributed by atoms with Crippen LogP contribution in [0.1, 0.15) is 74.7 Å². The summed E-state index contributed by atoms with van der Waals surface area (Å²) in [5, 5.41) is 6.74. The van der Waals surface area contributed by atoms with Crippen molar-refractivity contribution < 1.29 is 0 Å². The molecule has 2 fully saturated rings. The van der Waals surface area contributed by atoms with E-state index in [1.807, 2.05) is 27.7 Å². The van der Waals surface area contributed by atoms with E-state index in [1.165, 1.54) is 45.4 Å². The number of hydrogen-bond acceptors (Lipinski definition) is 2. The van der Waals surface area contributed by atoms with Crippen LogP contribution in [-0.4, -0.2) is 26.2 Å². The maximum Gasteiger partial charge on any atom is 0.000508 e. The van der Waals surface area contributed by atoms with Crippen molar-refractivity contribution in [1.82, 2.24) is 10.6 Å². The van der Waals surface area contributed by atoms with E-state index in [-0.39, 0.29) is 0 Å². The van der Waals surface area contributed by atoms with Gasteiger partial charge in [0.2, 0.25) is 0 Å². The second-order valence-electron chi connectivity index (χ2n) is 6.31. The van der Waals surface area contributed by atoms with Gasteiger partial charge in [-0.2, -0.15) is 0 Å². The van der Waals surface area contributed by atoms with Crippen LogP contribution in [-0.2, 0) is 0 Å². The number of hydrogen-bond donors (Lipinski definition) is 2. The Morgan fingerprint density at radius 1 is 0.850 bits per heavy atom. The van der Waals surface area contributed by atoms with Gasteiger partial charge in [0.1, 0.15) is 0 Å². The summed E-state index contributed by atoms with van der Waals surface area (Å²) in [7, 11) is 0. The second kappa shape index (κ2) is 13.9. The summed E-state index contributed by atoms with van der Waals surface area (Å²) in [6.07, 6.45) is 4.14. The molecule has 0 aromatic heterocycles. The van der Waals surface area contributed by atoms with E-state index in [0.29, 0.717) is 5.41 Å². The Morgan fingerprint density at radius 3 is 1.70 bits per heavy atom. The van der Waals surface area contributed by atoms with Gasteiger partial charge in [0.05, 0.1) is 0 Å². The van der Waals surface area contributed by atoms with Crippen molar-refractivity contribution >= 4 is 0 Å². The van der Waals surface area contributed by atoms with E-state index < -0.39 is 0 Å². The molecule has 0 aromatic rings. The van der Waals surface area contributed by atoms with Crippen molar-refractivity contribution in [3.8, 4) is 0 Å². The molecule has 2 nitrogen and oxygen atoms in total. The van der Waals surface area contributed by atoms with Gasteiger partial charge >= 0.3 is 0 Å². The summed E-state index contributed by atoms with van der Waals surface area (Å²) >= 11 is 0. The molecule has 2 aliphatic rings. The van der Waals surface area contributed by atoms with Crippen molar-refractivity contribution in [2.24, 2.45) is 17.3 Å². The highest BCUT2D eigenvalue weighted by Crippen LogP contribution is 2.30. The standard InChI is InChI=1S/C8H17N.C6H13N.2C2H6/c1-7-4-5-9-6-8(7,2)3;1-6-3-2-4-7-5-6;2*1-2/h7,9H,4-6H2,1-3H3;6-7H,2-5H2,1H3;2*1-2H3. The van der Waals surface area contributed by atoms with Crippen molar-refractivity contribution in [1.29, 1.82) is 0 Å². The molecule has 0 radical (unpaired) electrons. The predicted molar refractivity (Wildman–Crippen MR) is 94.4 cm³/mol. The lowest BCUT2D eigenvalue weighted by Crippen LogP contribution is -2.41. The Balaban J connectivity index is 0. The van der Waals surface area contributed by atoms with Gasteiger partial charge in [0, 0.05) is 6.54 Å². The average molecular weight is 287 g/mol. The van der Waals surface area contributed by atoms with E-state index >= 15 is 0 Å².